The second-order valence-electron chi connectivity index (χ2n) is 7.34. The molecule has 4 rings (SSSR count). The number of allylic oxidation sites excluding steroid dienone is 2. The van der Waals surface area contributed by atoms with Crippen molar-refractivity contribution in [1.82, 2.24) is 0 Å². The van der Waals surface area contributed by atoms with Crippen LogP contribution in [0.25, 0.3) is 0 Å². The zero-order chi connectivity index (χ0) is 22.1. The summed E-state index contributed by atoms with van der Waals surface area (Å²) in [5.41, 5.74) is 3.02. The van der Waals surface area contributed by atoms with Gasteiger partial charge in [-0.25, -0.2) is 4.39 Å². The predicted molar refractivity (Wildman–Crippen MR) is 124 cm³/mol. The molecule has 3 nitrogen and oxygen atoms in total. The van der Waals surface area contributed by atoms with Crippen LogP contribution in [0.4, 0.5) is 9.39 Å². The molecule has 0 aliphatic carbocycles. The Balaban J connectivity index is 1.88. The third kappa shape index (κ3) is 3.95. The molecule has 0 fully saturated rings. The van der Waals surface area contributed by atoms with E-state index in [1.807, 2.05) is 6.92 Å². The highest BCUT2D eigenvalue weighted by molar-refractivity contribution is 7.18. The second-order valence-corrected chi connectivity index (χ2v) is 8.83. The van der Waals surface area contributed by atoms with E-state index >= 15 is 0 Å². The highest BCUT2D eigenvalue weighted by Gasteiger charge is 2.35. The largest absolute Gasteiger partial charge is 0.350 e. The van der Waals surface area contributed by atoms with Crippen LogP contribution in [0, 0.1) is 5.82 Å². The maximum atomic E-state index is 14.9. The van der Waals surface area contributed by atoms with Crippen LogP contribution in [-0.2, 0) is 4.79 Å². The van der Waals surface area contributed by atoms with Crippen LogP contribution < -0.4 is 5.32 Å². The molecule has 0 saturated carbocycles. The van der Waals surface area contributed by atoms with E-state index in [9.17, 15) is 14.0 Å². The third-order valence-corrected chi connectivity index (χ3v) is 6.75. The molecule has 1 N–H and O–H groups in total. The van der Waals surface area contributed by atoms with E-state index in [2.05, 4.69) is 5.32 Å². The van der Waals surface area contributed by atoms with E-state index in [0.29, 0.717) is 39.4 Å². The van der Waals surface area contributed by atoms with Crippen molar-refractivity contribution >= 4 is 39.5 Å². The molecule has 2 heterocycles. The molecule has 1 aliphatic heterocycles. The highest BCUT2D eigenvalue weighted by Crippen LogP contribution is 2.47. The Bertz CT molecular complexity index is 1210. The average Bonchev–Trinajstić information content (AvgIpc) is 3.21. The first-order valence-corrected chi connectivity index (χ1v) is 11.4. The van der Waals surface area contributed by atoms with Crippen LogP contribution in [0.15, 0.2) is 65.9 Å². The highest BCUT2D eigenvalue weighted by atomic mass is 35.5. The van der Waals surface area contributed by atoms with Gasteiger partial charge in [-0.3, -0.25) is 9.59 Å². The lowest BCUT2D eigenvalue weighted by Gasteiger charge is -2.29. The van der Waals surface area contributed by atoms with Gasteiger partial charge >= 0.3 is 0 Å². The first-order valence-electron chi connectivity index (χ1n) is 10.2. The molecule has 1 aliphatic rings. The smallest absolute Gasteiger partial charge is 0.203 e. The van der Waals surface area contributed by atoms with Gasteiger partial charge in [-0.2, -0.15) is 0 Å². The normalized spacial score (nSPS) is 15.4. The van der Waals surface area contributed by atoms with E-state index in [4.69, 9.17) is 11.6 Å². The number of halogens is 2. The molecule has 0 bridgehead atoms. The number of fused-ring (bicyclic) bond motifs is 1. The number of anilines is 1. The number of thiophene rings is 1. The fraction of sp³-hybridized carbons (Fsp3) is 0.200. The molecule has 158 valence electrons. The zero-order valence-electron chi connectivity index (χ0n) is 17.2. The Morgan fingerprint density at radius 3 is 2.52 bits per heavy atom. The van der Waals surface area contributed by atoms with Crippen molar-refractivity contribution in [2.24, 2.45) is 0 Å². The van der Waals surface area contributed by atoms with Gasteiger partial charge in [0, 0.05) is 39.8 Å². The van der Waals surface area contributed by atoms with E-state index in [-0.39, 0.29) is 17.4 Å². The summed E-state index contributed by atoms with van der Waals surface area (Å²) >= 11 is 7.38. The van der Waals surface area contributed by atoms with Gasteiger partial charge in [-0.15, -0.1) is 11.3 Å². The van der Waals surface area contributed by atoms with Gasteiger partial charge in [0.2, 0.25) is 5.78 Å². The predicted octanol–water partition coefficient (Wildman–Crippen LogP) is 6.97. The Hall–Kier alpha value is -2.76. The molecule has 6 heteroatoms. The van der Waals surface area contributed by atoms with Crippen LogP contribution in [0.2, 0.25) is 5.02 Å². The van der Waals surface area contributed by atoms with E-state index in [0.717, 1.165) is 16.3 Å². The van der Waals surface area contributed by atoms with Crippen LogP contribution in [-0.4, -0.2) is 11.6 Å². The minimum Gasteiger partial charge on any atom is -0.350 e. The van der Waals surface area contributed by atoms with Crippen LogP contribution >= 0.6 is 22.9 Å². The van der Waals surface area contributed by atoms with Crippen molar-refractivity contribution in [3.8, 4) is 0 Å². The number of nitrogens with one attached hydrogen (secondary N) is 1. The maximum absolute atomic E-state index is 14.9. The van der Waals surface area contributed by atoms with Gasteiger partial charge in [0.1, 0.15) is 5.82 Å². The first kappa shape index (κ1) is 21.5. The van der Waals surface area contributed by atoms with Crippen LogP contribution in [0.1, 0.15) is 59.0 Å². The SMILES string of the molecule is CCC(=O)C1=C(CC)Nc2sc(C(=O)c3cccc(Cl)c3)cc2C1c1ccccc1F. The summed E-state index contributed by atoms with van der Waals surface area (Å²) in [6, 6.07) is 15.1. The molecule has 0 radical (unpaired) electrons. The van der Waals surface area contributed by atoms with Gasteiger partial charge in [-0.05, 0) is 36.2 Å². The number of ketones is 2. The van der Waals surface area contributed by atoms with Crippen molar-refractivity contribution in [1.29, 1.82) is 0 Å². The molecule has 3 aromatic rings. The Morgan fingerprint density at radius 2 is 1.84 bits per heavy atom. The molecule has 0 spiro atoms. The fourth-order valence-corrected chi connectivity index (χ4v) is 5.24. The van der Waals surface area contributed by atoms with Gasteiger partial charge < -0.3 is 5.32 Å². The molecule has 2 aromatic carbocycles. The standard InChI is InChI=1S/C25H21ClFNO2S/c1-3-19-23(20(29)4-2)22(16-10-5-6-11-18(16)27)17-13-21(31-25(17)28-19)24(30)14-8-7-9-15(26)12-14/h5-13,22,28H,3-4H2,1-2H3. The molecule has 0 saturated heterocycles. The van der Waals surface area contributed by atoms with E-state index in [1.165, 1.54) is 17.4 Å². The lowest BCUT2D eigenvalue weighted by molar-refractivity contribution is -0.115. The fourth-order valence-electron chi connectivity index (χ4n) is 3.97. The molecular formula is C25H21ClFNO2S. The van der Waals surface area contributed by atoms with Crippen LogP contribution in [0.5, 0.6) is 0 Å². The lowest BCUT2D eigenvalue weighted by Crippen LogP contribution is -2.23. The number of carbonyl (C=O) groups excluding carboxylic acids is 2. The van der Waals surface area contributed by atoms with Gasteiger partial charge in [-0.1, -0.05) is 55.8 Å². The summed E-state index contributed by atoms with van der Waals surface area (Å²) < 4.78 is 14.9. The molecule has 1 aromatic heterocycles. The van der Waals surface area contributed by atoms with Crippen molar-refractivity contribution < 1.29 is 14.0 Å². The van der Waals surface area contributed by atoms with Crippen molar-refractivity contribution in [2.45, 2.75) is 32.6 Å². The summed E-state index contributed by atoms with van der Waals surface area (Å²) in [6.45, 7) is 3.76. The van der Waals surface area contributed by atoms with E-state index in [1.54, 1.807) is 55.5 Å². The van der Waals surface area contributed by atoms with Crippen molar-refractivity contribution in [3.63, 3.8) is 0 Å². The molecule has 31 heavy (non-hydrogen) atoms. The molecule has 1 unspecified atom stereocenters. The number of hydrogen-bond acceptors (Lipinski definition) is 4. The molecule has 0 amide bonds. The number of rotatable bonds is 6. The summed E-state index contributed by atoms with van der Waals surface area (Å²) in [7, 11) is 0. The second kappa shape index (κ2) is 8.77. The molecule has 1 atom stereocenters. The molecular weight excluding hydrogens is 433 g/mol. The summed E-state index contributed by atoms with van der Waals surface area (Å²) in [6.07, 6.45) is 0.917. The summed E-state index contributed by atoms with van der Waals surface area (Å²) in [4.78, 5) is 26.6. The number of benzene rings is 2. The van der Waals surface area contributed by atoms with Gasteiger partial charge in [0.15, 0.2) is 5.78 Å². The van der Waals surface area contributed by atoms with Crippen molar-refractivity contribution in [2.75, 3.05) is 5.32 Å². The topological polar surface area (TPSA) is 46.2 Å². The number of carbonyl (C=O) groups is 2. The van der Waals surface area contributed by atoms with Crippen LogP contribution in [0.3, 0.4) is 0 Å². The number of hydrogen-bond donors (Lipinski definition) is 1. The average molecular weight is 454 g/mol. The van der Waals surface area contributed by atoms with E-state index < -0.39 is 5.92 Å². The minimum atomic E-state index is -0.558. The summed E-state index contributed by atoms with van der Waals surface area (Å²) in [5.74, 6) is -1.11. The maximum Gasteiger partial charge on any atom is 0.203 e. The number of Topliss-reactive ketones (excluding diaryl/α,β-unsaturated/α-hetero) is 1. The quantitative estimate of drug-likeness (QED) is 0.410. The summed E-state index contributed by atoms with van der Waals surface area (Å²) in [5, 5.41) is 4.60. The third-order valence-electron chi connectivity index (χ3n) is 5.45. The Morgan fingerprint density at radius 1 is 1.06 bits per heavy atom. The zero-order valence-corrected chi connectivity index (χ0v) is 18.7. The van der Waals surface area contributed by atoms with Gasteiger partial charge in [0.05, 0.1) is 9.88 Å². The Labute approximate surface area is 189 Å². The first-order chi connectivity index (χ1) is 14.9. The lowest BCUT2D eigenvalue weighted by atomic mass is 9.79. The van der Waals surface area contributed by atoms with Gasteiger partial charge in [0.25, 0.3) is 0 Å². The minimum absolute atomic E-state index is 0.0304. The van der Waals surface area contributed by atoms with Crippen molar-refractivity contribution in [3.05, 3.63) is 98.3 Å². The Kier molecular flexibility index (Phi) is 6.08. The monoisotopic (exact) mass is 453 g/mol.